The Kier molecular flexibility index (Phi) is 7.04. The molecule has 3 N–H and O–H groups in total. The van der Waals surface area contributed by atoms with Gasteiger partial charge in [0.25, 0.3) is 5.91 Å². The first-order valence-corrected chi connectivity index (χ1v) is 11.3. The maximum absolute atomic E-state index is 14.2. The number of amides is 1. The minimum Gasteiger partial charge on any atom is -0.393 e. The lowest BCUT2D eigenvalue weighted by Crippen LogP contribution is -2.40. The summed E-state index contributed by atoms with van der Waals surface area (Å²) in [4.78, 5) is 12.9. The molecule has 0 bridgehead atoms. The lowest BCUT2D eigenvalue weighted by Gasteiger charge is -2.26. The van der Waals surface area contributed by atoms with Gasteiger partial charge in [0.05, 0.1) is 11.7 Å². The summed E-state index contributed by atoms with van der Waals surface area (Å²) in [5.41, 5.74) is -0.932. The summed E-state index contributed by atoms with van der Waals surface area (Å²) in [7, 11) is 0. The zero-order chi connectivity index (χ0) is 23.6. The molecule has 2 saturated carbocycles. The molecule has 2 aliphatic rings. The van der Waals surface area contributed by atoms with Gasteiger partial charge in [-0.2, -0.15) is 13.2 Å². The van der Waals surface area contributed by atoms with Crippen molar-refractivity contribution in [2.24, 2.45) is 5.92 Å². The van der Waals surface area contributed by atoms with E-state index >= 15 is 0 Å². The summed E-state index contributed by atoms with van der Waals surface area (Å²) in [6.07, 6.45) is 0.769. The van der Waals surface area contributed by atoms with Crippen molar-refractivity contribution < 1.29 is 32.0 Å². The minimum absolute atomic E-state index is 0.00600. The van der Waals surface area contributed by atoms with Crippen LogP contribution in [0.5, 0.6) is 0 Å². The van der Waals surface area contributed by atoms with Gasteiger partial charge in [-0.25, -0.2) is 4.39 Å². The van der Waals surface area contributed by atoms with E-state index in [9.17, 15) is 27.5 Å². The normalized spacial score (nSPS) is 21.6. The lowest BCUT2D eigenvalue weighted by atomic mass is 9.85. The number of hydrogen-bond donors (Lipinski definition) is 3. The molecule has 33 heavy (non-hydrogen) atoms. The molecule has 2 aromatic rings. The fraction of sp³-hybridized carbons (Fsp3) is 0.565. The Labute approximate surface area is 188 Å². The molecule has 0 unspecified atom stereocenters. The van der Waals surface area contributed by atoms with E-state index in [2.05, 4.69) is 15.8 Å². The molecule has 0 radical (unpaired) electrons. The molecule has 2 fully saturated rings. The molecule has 1 aromatic carbocycles. The zero-order valence-corrected chi connectivity index (χ0v) is 18.1. The van der Waals surface area contributed by atoms with Crippen LogP contribution < -0.4 is 10.6 Å². The predicted molar refractivity (Wildman–Crippen MR) is 112 cm³/mol. The quantitative estimate of drug-likeness (QED) is 0.523. The van der Waals surface area contributed by atoms with Crippen LogP contribution >= 0.6 is 0 Å². The van der Waals surface area contributed by atoms with Crippen LogP contribution in [0.1, 0.15) is 66.6 Å². The number of aromatic nitrogens is 1. The summed E-state index contributed by atoms with van der Waals surface area (Å²) >= 11 is 0. The third kappa shape index (κ3) is 5.55. The number of alkyl halides is 3. The standard InChI is InChI=1S/C23H27F4N3O3/c24-19-9-14(7-8-18(19)23(25,26)27)21-17(12-28-11-13-3-1-4-13)20(30-33-21)22(32)29-15-5-2-6-16(31)10-15/h7-9,13,15-16,28,31H,1-6,10-12H2,(H,29,32)/t15-,16+/m1/s1. The van der Waals surface area contributed by atoms with Crippen LogP contribution in [-0.2, 0) is 12.7 Å². The smallest absolute Gasteiger partial charge is 0.393 e. The third-order valence-electron chi connectivity index (χ3n) is 6.48. The average Bonchev–Trinajstić information content (AvgIpc) is 3.12. The second-order valence-corrected chi connectivity index (χ2v) is 8.95. The highest BCUT2D eigenvalue weighted by Gasteiger charge is 2.35. The van der Waals surface area contributed by atoms with Gasteiger partial charge in [0, 0.05) is 23.7 Å². The average molecular weight is 469 g/mol. The minimum atomic E-state index is -4.81. The van der Waals surface area contributed by atoms with Crippen molar-refractivity contribution in [2.75, 3.05) is 6.54 Å². The van der Waals surface area contributed by atoms with Crippen LogP contribution in [0.15, 0.2) is 22.7 Å². The number of nitrogens with one attached hydrogen (secondary N) is 2. The summed E-state index contributed by atoms with van der Waals surface area (Å²) in [5.74, 6) is -1.32. The maximum atomic E-state index is 14.2. The molecule has 2 atom stereocenters. The van der Waals surface area contributed by atoms with Gasteiger partial charge < -0.3 is 20.3 Å². The highest BCUT2D eigenvalue weighted by atomic mass is 19.4. The molecule has 0 aliphatic heterocycles. The van der Waals surface area contributed by atoms with Gasteiger partial charge in [0.2, 0.25) is 0 Å². The Morgan fingerprint density at radius 2 is 1.94 bits per heavy atom. The Hall–Kier alpha value is -2.46. The van der Waals surface area contributed by atoms with Crippen molar-refractivity contribution in [2.45, 2.75) is 69.8 Å². The number of hydrogen-bond acceptors (Lipinski definition) is 5. The molecule has 1 heterocycles. The van der Waals surface area contributed by atoms with E-state index in [-0.39, 0.29) is 29.6 Å². The number of carbonyl (C=O) groups excluding carboxylic acids is 1. The molecule has 2 aliphatic carbocycles. The van der Waals surface area contributed by atoms with Gasteiger partial charge in [-0.3, -0.25) is 4.79 Å². The summed E-state index contributed by atoms with van der Waals surface area (Å²) < 4.78 is 58.4. The molecular formula is C23H27F4N3O3. The number of aliphatic hydroxyl groups excluding tert-OH is 1. The Morgan fingerprint density at radius 3 is 2.58 bits per heavy atom. The number of nitrogens with zero attached hydrogens (tertiary/aromatic N) is 1. The van der Waals surface area contributed by atoms with Gasteiger partial charge in [-0.15, -0.1) is 0 Å². The molecule has 10 heteroatoms. The summed E-state index contributed by atoms with van der Waals surface area (Å²) in [6, 6.07) is 2.31. The van der Waals surface area contributed by atoms with E-state index in [4.69, 9.17) is 4.52 Å². The van der Waals surface area contributed by atoms with Crippen LogP contribution in [0.3, 0.4) is 0 Å². The second-order valence-electron chi connectivity index (χ2n) is 8.95. The molecule has 0 saturated heterocycles. The van der Waals surface area contributed by atoms with Crippen LogP contribution in [0, 0.1) is 11.7 Å². The topological polar surface area (TPSA) is 87.4 Å². The van der Waals surface area contributed by atoms with E-state index in [0.717, 1.165) is 44.4 Å². The molecule has 6 nitrogen and oxygen atoms in total. The fourth-order valence-corrected chi connectivity index (χ4v) is 4.41. The van der Waals surface area contributed by atoms with E-state index in [1.807, 2.05) is 0 Å². The van der Waals surface area contributed by atoms with E-state index in [0.29, 0.717) is 30.4 Å². The number of benzene rings is 1. The molecule has 4 rings (SSSR count). The lowest BCUT2D eigenvalue weighted by molar-refractivity contribution is -0.139. The van der Waals surface area contributed by atoms with Crippen molar-refractivity contribution >= 4 is 5.91 Å². The van der Waals surface area contributed by atoms with Crippen molar-refractivity contribution in [1.82, 2.24) is 15.8 Å². The number of carbonyl (C=O) groups is 1. The first kappa shape index (κ1) is 23.7. The molecule has 180 valence electrons. The van der Waals surface area contributed by atoms with E-state index in [1.165, 1.54) is 6.42 Å². The highest BCUT2D eigenvalue weighted by molar-refractivity contribution is 5.95. The number of aliphatic hydroxyl groups is 1. The predicted octanol–water partition coefficient (Wildman–Crippen LogP) is 4.42. The Balaban J connectivity index is 1.58. The van der Waals surface area contributed by atoms with Crippen molar-refractivity contribution in [3.05, 3.63) is 40.8 Å². The van der Waals surface area contributed by atoms with Gasteiger partial charge in [-0.1, -0.05) is 17.6 Å². The fourth-order valence-electron chi connectivity index (χ4n) is 4.41. The molecule has 1 amide bonds. The van der Waals surface area contributed by atoms with E-state index < -0.39 is 29.6 Å². The van der Waals surface area contributed by atoms with Gasteiger partial charge in [0.1, 0.15) is 5.82 Å². The SMILES string of the molecule is O=C(N[C@@H]1CCC[C@H](O)C1)c1noc(-c2ccc(C(F)(F)F)c(F)c2)c1CNCC1CCC1. The first-order chi connectivity index (χ1) is 15.7. The Morgan fingerprint density at radius 1 is 1.18 bits per heavy atom. The van der Waals surface area contributed by atoms with Crippen LogP contribution in [0.2, 0.25) is 0 Å². The van der Waals surface area contributed by atoms with Crippen molar-refractivity contribution in [1.29, 1.82) is 0 Å². The largest absolute Gasteiger partial charge is 0.419 e. The van der Waals surface area contributed by atoms with E-state index in [1.54, 1.807) is 0 Å². The Bertz CT molecular complexity index is 988. The monoisotopic (exact) mass is 469 g/mol. The molecule has 0 spiro atoms. The van der Waals surface area contributed by atoms with Gasteiger partial charge in [-0.05, 0) is 63.1 Å². The van der Waals surface area contributed by atoms with Crippen LogP contribution in [0.25, 0.3) is 11.3 Å². The van der Waals surface area contributed by atoms with Crippen LogP contribution in [0.4, 0.5) is 17.6 Å². The van der Waals surface area contributed by atoms with Gasteiger partial charge in [0.15, 0.2) is 11.5 Å². The maximum Gasteiger partial charge on any atom is 0.419 e. The van der Waals surface area contributed by atoms with Crippen molar-refractivity contribution in [3.63, 3.8) is 0 Å². The van der Waals surface area contributed by atoms with Crippen LogP contribution in [-0.4, -0.2) is 34.9 Å². The first-order valence-electron chi connectivity index (χ1n) is 11.3. The second kappa shape index (κ2) is 9.80. The van der Waals surface area contributed by atoms with Crippen molar-refractivity contribution in [3.8, 4) is 11.3 Å². The third-order valence-corrected chi connectivity index (χ3v) is 6.48. The summed E-state index contributed by atoms with van der Waals surface area (Å²) in [6.45, 7) is 0.926. The number of rotatable bonds is 7. The number of halogens is 4. The summed E-state index contributed by atoms with van der Waals surface area (Å²) in [5, 5.41) is 19.9. The molecule has 1 aromatic heterocycles. The molecular weight excluding hydrogens is 442 g/mol. The van der Waals surface area contributed by atoms with Gasteiger partial charge >= 0.3 is 6.18 Å². The highest BCUT2D eigenvalue weighted by Crippen LogP contribution is 2.35. The zero-order valence-electron chi connectivity index (χ0n) is 18.1.